The van der Waals surface area contributed by atoms with Gasteiger partial charge in [-0.25, -0.2) is 0 Å². The quantitative estimate of drug-likeness (QED) is 0.303. The molecule has 0 aliphatic rings. The van der Waals surface area contributed by atoms with Gasteiger partial charge in [-0.15, -0.1) is 11.8 Å². The molecule has 0 saturated heterocycles. The van der Waals surface area contributed by atoms with Crippen molar-refractivity contribution in [1.29, 1.82) is 0 Å². The van der Waals surface area contributed by atoms with E-state index >= 15 is 0 Å². The molecule has 3 aromatic carbocycles. The van der Waals surface area contributed by atoms with Crippen molar-refractivity contribution in [3.63, 3.8) is 0 Å². The van der Waals surface area contributed by atoms with Crippen LogP contribution in [0.15, 0.2) is 94.3 Å². The van der Waals surface area contributed by atoms with Gasteiger partial charge in [-0.2, -0.15) is 0 Å². The summed E-state index contributed by atoms with van der Waals surface area (Å²) in [5, 5.41) is 6.94. The summed E-state index contributed by atoms with van der Waals surface area (Å²) in [6, 6.07) is 27.6. The number of aryl methyl sites for hydroxylation is 1. The third kappa shape index (κ3) is 6.73. The molecule has 4 aromatic rings. The van der Waals surface area contributed by atoms with E-state index in [9.17, 15) is 4.79 Å². The summed E-state index contributed by atoms with van der Waals surface area (Å²) in [6.45, 7) is 3.00. The molecule has 0 fully saturated rings. The first kappa shape index (κ1) is 22.7. The summed E-state index contributed by atoms with van der Waals surface area (Å²) in [5.74, 6) is 2.18. The first-order valence-electron chi connectivity index (χ1n) is 10.9. The second kappa shape index (κ2) is 11.4. The molecule has 33 heavy (non-hydrogen) atoms. The number of aromatic nitrogens is 1. The Hall–Kier alpha value is -3.51. The van der Waals surface area contributed by atoms with Crippen molar-refractivity contribution in [3.8, 4) is 5.75 Å². The number of ether oxygens (including phenoxy) is 1. The van der Waals surface area contributed by atoms with Gasteiger partial charge in [0, 0.05) is 17.5 Å². The fraction of sp³-hybridized carbons (Fsp3) is 0.185. The number of hydrogen-bond donors (Lipinski definition) is 1. The SMILES string of the molecule is Cc1cc(CSc2ccccc2C(=O)NCCc2ccc(OCc3ccccc3)cc2)on1. The van der Waals surface area contributed by atoms with Gasteiger partial charge in [-0.05, 0) is 48.7 Å². The molecule has 0 radical (unpaired) electrons. The molecule has 1 amide bonds. The Balaban J connectivity index is 1.25. The van der Waals surface area contributed by atoms with Gasteiger partial charge < -0.3 is 14.6 Å². The summed E-state index contributed by atoms with van der Waals surface area (Å²) in [7, 11) is 0. The molecule has 0 atom stereocenters. The average Bonchev–Trinajstić information content (AvgIpc) is 3.28. The minimum absolute atomic E-state index is 0.0744. The normalized spacial score (nSPS) is 10.7. The molecule has 168 valence electrons. The van der Waals surface area contributed by atoms with Crippen LogP contribution in [0.25, 0.3) is 0 Å². The third-order valence-corrected chi connectivity index (χ3v) is 6.15. The van der Waals surface area contributed by atoms with Crippen molar-refractivity contribution in [2.75, 3.05) is 6.54 Å². The van der Waals surface area contributed by atoms with E-state index in [1.54, 1.807) is 11.8 Å². The van der Waals surface area contributed by atoms with Crippen LogP contribution in [0, 0.1) is 6.92 Å². The zero-order chi connectivity index (χ0) is 22.9. The molecule has 0 spiro atoms. The van der Waals surface area contributed by atoms with Crippen molar-refractivity contribution < 1.29 is 14.1 Å². The molecule has 0 aliphatic carbocycles. The van der Waals surface area contributed by atoms with Gasteiger partial charge in [0.1, 0.15) is 18.1 Å². The van der Waals surface area contributed by atoms with Gasteiger partial charge in [0.05, 0.1) is 17.0 Å². The lowest BCUT2D eigenvalue weighted by molar-refractivity contribution is 0.0951. The van der Waals surface area contributed by atoms with E-state index in [0.29, 0.717) is 24.5 Å². The van der Waals surface area contributed by atoms with E-state index in [0.717, 1.165) is 39.6 Å². The Labute approximate surface area is 198 Å². The number of nitrogens with one attached hydrogen (secondary N) is 1. The molecule has 1 N–H and O–H groups in total. The number of nitrogens with zero attached hydrogens (tertiary/aromatic N) is 1. The van der Waals surface area contributed by atoms with Crippen LogP contribution in [0.2, 0.25) is 0 Å². The predicted octanol–water partition coefficient (Wildman–Crippen LogP) is 5.83. The monoisotopic (exact) mass is 458 g/mol. The van der Waals surface area contributed by atoms with E-state index in [1.807, 2.05) is 91.9 Å². The van der Waals surface area contributed by atoms with Gasteiger partial charge in [0.15, 0.2) is 0 Å². The Morgan fingerprint density at radius 1 is 0.970 bits per heavy atom. The van der Waals surface area contributed by atoms with Crippen LogP contribution in [-0.4, -0.2) is 17.6 Å². The van der Waals surface area contributed by atoms with Gasteiger partial charge in [0.25, 0.3) is 5.91 Å². The summed E-state index contributed by atoms with van der Waals surface area (Å²) in [5.41, 5.74) is 3.81. The second-order valence-electron chi connectivity index (χ2n) is 7.64. The van der Waals surface area contributed by atoms with Crippen LogP contribution < -0.4 is 10.1 Å². The highest BCUT2D eigenvalue weighted by molar-refractivity contribution is 7.98. The number of amides is 1. The number of carbonyl (C=O) groups excluding carboxylic acids is 1. The Kier molecular flexibility index (Phi) is 7.82. The fourth-order valence-corrected chi connectivity index (χ4v) is 4.25. The summed E-state index contributed by atoms with van der Waals surface area (Å²) in [6.07, 6.45) is 0.747. The number of rotatable bonds is 10. The molecular formula is C27H26N2O3S. The summed E-state index contributed by atoms with van der Waals surface area (Å²) in [4.78, 5) is 13.7. The van der Waals surface area contributed by atoms with E-state index < -0.39 is 0 Å². The number of thioether (sulfide) groups is 1. The maximum Gasteiger partial charge on any atom is 0.252 e. The first-order chi connectivity index (χ1) is 16.2. The minimum atomic E-state index is -0.0744. The van der Waals surface area contributed by atoms with Crippen LogP contribution in [0.5, 0.6) is 5.75 Å². The predicted molar refractivity (Wildman–Crippen MR) is 130 cm³/mol. The van der Waals surface area contributed by atoms with Crippen LogP contribution in [-0.2, 0) is 18.8 Å². The molecular weight excluding hydrogens is 432 g/mol. The van der Waals surface area contributed by atoms with E-state index in [-0.39, 0.29) is 5.91 Å². The molecule has 4 rings (SSSR count). The van der Waals surface area contributed by atoms with Crippen molar-refractivity contribution in [1.82, 2.24) is 10.5 Å². The standard InChI is InChI=1S/C27H26N2O3S/c1-20-17-24(32-29-20)19-33-26-10-6-5-9-25(26)27(30)28-16-15-21-11-13-23(14-12-21)31-18-22-7-3-2-4-8-22/h2-14,17H,15-16,18-19H2,1H3,(H,28,30). The van der Waals surface area contributed by atoms with Crippen LogP contribution >= 0.6 is 11.8 Å². The first-order valence-corrected chi connectivity index (χ1v) is 11.8. The molecule has 0 bridgehead atoms. The van der Waals surface area contributed by atoms with Gasteiger partial charge in [0.2, 0.25) is 0 Å². The zero-order valence-corrected chi connectivity index (χ0v) is 19.3. The maximum atomic E-state index is 12.8. The largest absolute Gasteiger partial charge is 0.489 e. The number of hydrogen-bond acceptors (Lipinski definition) is 5. The highest BCUT2D eigenvalue weighted by Gasteiger charge is 2.12. The topological polar surface area (TPSA) is 64.4 Å². The molecule has 0 unspecified atom stereocenters. The van der Waals surface area contributed by atoms with E-state index in [4.69, 9.17) is 9.26 Å². The highest BCUT2D eigenvalue weighted by atomic mass is 32.2. The maximum absolute atomic E-state index is 12.8. The van der Waals surface area contributed by atoms with Gasteiger partial charge >= 0.3 is 0 Å². The third-order valence-electron chi connectivity index (χ3n) is 5.05. The highest BCUT2D eigenvalue weighted by Crippen LogP contribution is 2.26. The van der Waals surface area contributed by atoms with Gasteiger partial charge in [-0.3, -0.25) is 4.79 Å². The Bertz CT molecular complexity index is 1170. The molecule has 6 heteroatoms. The summed E-state index contributed by atoms with van der Waals surface area (Å²) < 4.78 is 11.1. The minimum Gasteiger partial charge on any atom is -0.489 e. The van der Waals surface area contributed by atoms with Crippen molar-refractivity contribution >= 4 is 17.7 Å². The van der Waals surface area contributed by atoms with E-state index in [1.165, 1.54) is 0 Å². The molecule has 0 saturated carbocycles. The van der Waals surface area contributed by atoms with Crippen LogP contribution in [0.4, 0.5) is 0 Å². The number of benzene rings is 3. The summed E-state index contributed by atoms with van der Waals surface area (Å²) >= 11 is 1.57. The molecule has 0 aliphatic heterocycles. The van der Waals surface area contributed by atoms with Crippen molar-refractivity contribution in [2.24, 2.45) is 0 Å². The fourth-order valence-electron chi connectivity index (χ4n) is 3.32. The smallest absolute Gasteiger partial charge is 0.252 e. The Morgan fingerprint density at radius 2 is 1.73 bits per heavy atom. The lowest BCUT2D eigenvalue weighted by atomic mass is 10.1. The van der Waals surface area contributed by atoms with Crippen LogP contribution in [0.3, 0.4) is 0 Å². The molecule has 1 heterocycles. The lowest BCUT2D eigenvalue weighted by Crippen LogP contribution is -2.26. The Morgan fingerprint density at radius 3 is 2.48 bits per heavy atom. The lowest BCUT2D eigenvalue weighted by Gasteiger charge is -2.10. The van der Waals surface area contributed by atoms with Crippen molar-refractivity contribution in [2.45, 2.75) is 30.6 Å². The second-order valence-corrected chi connectivity index (χ2v) is 8.66. The molecule has 5 nitrogen and oxygen atoms in total. The average molecular weight is 459 g/mol. The zero-order valence-electron chi connectivity index (χ0n) is 18.5. The van der Waals surface area contributed by atoms with E-state index in [2.05, 4.69) is 10.5 Å². The molecule has 1 aromatic heterocycles. The number of carbonyl (C=O) groups is 1. The van der Waals surface area contributed by atoms with Crippen LogP contribution in [0.1, 0.15) is 32.9 Å². The van der Waals surface area contributed by atoms with Crippen molar-refractivity contribution in [3.05, 3.63) is 113 Å². The van der Waals surface area contributed by atoms with Gasteiger partial charge in [-0.1, -0.05) is 59.8 Å².